The Morgan fingerprint density at radius 3 is 2.52 bits per heavy atom. The van der Waals surface area contributed by atoms with Crippen molar-refractivity contribution in [3.8, 4) is 0 Å². The number of ether oxygens (including phenoxy) is 1. The minimum atomic E-state index is -1.13. The van der Waals surface area contributed by atoms with Crippen molar-refractivity contribution in [3.63, 3.8) is 0 Å². The van der Waals surface area contributed by atoms with Gasteiger partial charge in [-0.15, -0.1) is 0 Å². The maximum atomic E-state index is 13.5. The Morgan fingerprint density at radius 2 is 1.91 bits per heavy atom. The van der Waals surface area contributed by atoms with Crippen LogP contribution in [0.5, 0.6) is 0 Å². The number of benzene rings is 1. The molecule has 0 fully saturated rings. The predicted molar refractivity (Wildman–Crippen MR) is 83.5 cm³/mol. The van der Waals surface area contributed by atoms with Crippen LogP contribution in [0.1, 0.15) is 31.1 Å². The fraction of sp³-hybridized carbons (Fsp3) is 0.294. The molecule has 0 spiro atoms. The first kappa shape index (κ1) is 16.9. The summed E-state index contributed by atoms with van der Waals surface area (Å²) in [5, 5.41) is -0.0587. The quantitative estimate of drug-likeness (QED) is 0.640. The van der Waals surface area contributed by atoms with Gasteiger partial charge in [0.05, 0.1) is 12.1 Å². The molecule has 2 aromatic rings. The molecule has 23 heavy (non-hydrogen) atoms. The Labute approximate surface area is 132 Å². The average Bonchev–Trinajstić information content (AvgIpc) is 2.48. The molecular weight excluding hydrogens is 304 g/mol. The Balaban J connectivity index is 2.77. The molecule has 0 aliphatic carbocycles. The molecule has 1 heterocycles. The average molecular weight is 321 g/mol. The van der Waals surface area contributed by atoms with E-state index < -0.39 is 23.0 Å². The second-order valence-corrected chi connectivity index (χ2v) is 5.31. The number of esters is 1. The Morgan fingerprint density at radius 1 is 1.26 bits per heavy atom. The number of pyridine rings is 1. The van der Waals surface area contributed by atoms with Gasteiger partial charge in [0, 0.05) is 24.2 Å². The first-order valence-electron chi connectivity index (χ1n) is 7.17. The molecular formula is C17H17F2NO3. The normalized spacial score (nSPS) is 10.7. The number of aromatic nitrogens is 1. The molecule has 0 aliphatic heterocycles. The van der Waals surface area contributed by atoms with E-state index in [9.17, 15) is 18.4 Å². The van der Waals surface area contributed by atoms with Gasteiger partial charge in [-0.2, -0.15) is 0 Å². The number of nitrogens with zero attached hydrogens (tertiary/aromatic N) is 1. The van der Waals surface area contributed by atoms with Gasteiger partial charge in [0.25, 0.3) is 0 Å². The number of hydrogen-bond acceptors (Lipinski definition) is 3. The second kappa shape index (κ2) is 6.73. The molecule has 1 aromatic heterocycles. The van der Waals surface area contributed by atoms with Crippen molar-refractivity contribution >= 4 is 16.9 Å². The standard InChI is InChI=1S/C17H17F2NO3/c1-4-23-17(22)12-9-20(6-5-10(2)3)15-8-14(19)13(18)7-11(15)16(12)21/h5,7-9H,4,6H2,1-3H3. The third-order valence-electron chi connectivity index (χ3n) is 3.31. The maximum absolute atomic E-state index is 13.5. The topological polar surface area (TPSA) is 48.3 Å². The lowest BCUT2D eigenvalue weighted by Crippen LogP contribution is -2.21. The summed E-state index contributed by atoms with van der Waals surface area (Å²) < 4.78 is 33.4. The number of hydrogen-bond donors (Lipinski definition) is 0. The molecule has 6 heteroatoms. The van der Waals surface area contributed by atoms with E-state index in [2.05, 4.69) is 0 Å². The van der Waals surface area contributed by atoms with Crippen molar-refractivity contribution in [2.45, 2.75) is 27.3 Å². The van der Waals surface area contributed by atoms with E-state index >= 15 is 0 Å². The molecule has 1 aromatic carbocycles. The van der Waals surface area contributed by atoms with Gasteiger partial charge in [-0.1, -0.05) is 11.6 Å². The van der Waals surface area contributed by atoms with Crippen molar-refractivity contribution in [2.75, 3.05) is 6.61 Å². The zero-order valence-corrected chi connectivity index (χ0v) is 13.2. The molecule has 0 saturated carbocycles. The van der Waals surface area contributed by atoms with Gasteiger partial charge in [0.15, 0.2) is 11.6 Å². The monoisotopic (exact) mass is 321 g/mol. The molecule has 0 amide bonds. The lowest BCUT2D eigenvalue weighted by atomic mass is 10.1. The summed E-state index contributed by atoms with van der Waals surface area (Å²) in [5.41, 5.74) is 0.356. The molecule has 4 nitrogen and oxygen atoms in total. The Bertz CT molecular complexity index is 849. The van der Waals surface area contributed by atoms with Crippen molar-refractivity contribution < 1.29 is 18.3 Å². The maximum Gasteiger partial charge on any atom is 0.343 e. The Kier molecular flexibility index (Phi) is 4.93. The summed E-state index contributed by atoms with van der Waals surface area (Å²) in [6, 6.07) is 1.77. The summed E-state index contributed by atoms with van der Waals surface area (Å²) in [4.78, 5) is 24.3. The number of halogens is 2. The number of carbonyl (C=O) groups is 1. The van der Waals surface area contributed by atoms with Crippen molar-refractivity contribution in [1.82, 2.24) is 4.57 Å². The SMILES string of the molecule is CCOC(=O)c1cn(CC=C(C)C)c2cc(F)c(F)cc2c1=O. The van der Waals surface area contributed by atoms with Gasteiger partial charge in [0.1, 0.15) is 5.56 Å². The molecule has 0 aliphatic rings. The third kappa shape index (κ3) is 3.47. The van der Waals surface area contributed by atoms with Crippen LogP contribution < -0.4 is 5.43 Å². The first-order chi connectivity index (χ1) is 10.8. The highest BCUT2D eigenvalue weighted by Crippen LogP contribution is 2.18. The summed E-state index contributed by atoms with van der Waals surface area (Å²) in [6.07, 6.45) is 3.17. The van der Waals surface area contributed by atoms with Gasteiger partial charge in [-0.3, -0.25) is 4.79 Å². The van der Waals surface area contributed by atoms with E-state index in [1.54, 1.807) is 6.92 Å². The molecule has 0 N–H and O–H groups in total. The van der Waals surface area contributed by atoms with Crippen LogP contribution >= 0.6 is 0 Å². The van der Waals surface area contributed by atoms with Crippen LogP contribution in [0, 0.1) is 11.6 Å². The molecule has 122 valence electrons. The van der Waals surface area contributed by atoms with Crippen molar-refractivity contribution in [3.05, 3.63) is 57.4 Å². The molecule has 2 rings (SSSR count). The van der Waals surface area contributed by atoms with E-state index in [-0.39, 0.29) is 23.1 Å². The zero-order valence-electron chi connectivity index (χ0n) is 13.2. The second-order valence-electron chi connectivity index (χ2n) is 5.31. The van der Waals surface area contributed by atoms with E-state index in [1.165, 1.54) is 10.8 Å². The largest absolute Gasteiger partial charge is 0.462 e. The van der Waals surface area contributed by atoms with Crippen molar-refractivity contribution in [1.29, 1.82) is 0 Å². The fourth-order valence-corrected chi connectivity index (χ4v) is 2.17. The van der Waals surface area contributed by atoms with Gasteiger partial charge >= 0.3 is 5.97 Å². The van der Waals surface area contributed by atoms with Crippen LogP contribution in [0.4, 0.5) is 8.78 Å². The number of rotatable bonds is 4. The molecule has 0 atom stereocenters. The summed E-state index contributed by atoms with van der Waals surface area (Å²) in [7, 11) is 0. The van der Waals surface area contributed by atoms with Crippen LogP contribution in [-0.2, 0) is 11.3 Å². The highest BCUT2D eigenvalue weighted by molar-refractivity contribution is 5.93. The highest BCUT2D eigenvalue weighted by Gasteiger charge is 2.18. The van der Waals surface area contributed by atoms with E-state index in [0.29, 0.717) is 6.54 Å². The molecule has 0 unspecified atom stereocenters. The van der Waals surface area contributed by atoms with Crippen LogP contribution in [0.2, 0.25) is 0 Å². The van der Waals surface area contributed by atoms with E-state index in [0.717, 1.165) is 17.7 Å². The number of carbonyl (C=O) groups excluding carboxylic acids is 1. The van der Waals surface area contributed by atoms with Crippen LogP contribution in [0.3, 0.4) is 0 Å². The highest BCUT2D eigenvalue weighted by atomic mass is 19.2. The van der Waals surface area contributed by atoms with Gasteiger partial charge in [-0.25, -0.2) is 13.6 Å². The summed E-state index contributed by atoms with van der Waals surface area (Å²) in [5.74, 6) is -2.97. The smallest absolute Gasteiger partial charge is 0.343 e. The molecule has 0 radical (unpaired) electrons. The fourth-order valence-electron chi connectivity index (χ4n) is 2.17. The lowest BCUT2D eigenvalue weighted by molar-refractivity contribution is 0.0524. The molecule has 0 saturated heterocycles. The van der Waals surface area contributed by atoms with Gasteiger partial charge in [-0.05, 0) is 26.8 Å². The van der Waals surface area contributed by atoms with Crippen LogP contribution in [0.25, 0.3) is 10.9 Å². The summed E-state index contributed by atoms with van der Waals surface area (Å²) >= 11 is 0. The van der Waals surface area contributed by atoms with Gasteiger partial charge in [0.2, 0.25) is 5.43 Å². The lowest BCUT2D eigenvalue weighted by Gasteiger charge is -2.12. The minimum absolute atomic E-state index is 0.0587. The Hall–Kier alpha value is -2.50. The predicted octanol–water partition coefficient (Wildman–Crippen LogP) is 3.42. The third-order valence-corrected chi connectivity index (χ3v) is 3.31. The number of allylic oxidation sites excluding steroid dienone is 2. The van der Waals surface area contributed by atoms with E-state index in [1.807, 2.05) is 19.9 Å². The van der Waals surface area contributed by atoms with E-state index in [4.69, 9.17) is 4.74 Å². The van der Waals surface area contributed by atoms with Crippen molar-refractivity contribution in [2.24, 2.45) is 0 Å². The molecule has 0 bridgehead atoms. The van der Waals surface area contributed by atoms with Crippen LogP contribution in [0.15, 0.2) is 34.8 Å². The van der Waals surface area contributed by atoms with Gasteiger partial charge < -0.3 is 9.30 Å². The minimum Gasteiger partial charge on any atom is -0.462 e. The zero-order chi connectivity index (χ0) is 17.1. The summed E-state index contributed by atoms with van der Waals surface area (Å²) in [6.45, 7) is 5.82. The first-order valence-corrected chi connectivity index (χ1v) is 7.17. The van der Waals surface area contributed by atoms with Crippen LogP contribution in [-0.4, -0.2) is 17.1 Å². The number of fused-ring (bicyclic) bond motifs is 1.